The minimum absolute atomic E-state index is 0.466. The average Bonchev–Trinajstić information content (AvgIpc) is 2.94. The van der Waals surface area contributed by atoms with Gasteiger partial charge in [-0.3, -0.25) is 4.90 Å². The second kappa shape index (κ2) is 17.7. The van der Waals surface area contributed by atoms with Crippen LogP contribution in [0.1, 0.15) is 60.8 Å². The topological polar surface area (TPSA) is 6.48 Å². The van der Waals surface area contributed by atoms with Crippen molar-refractivity contribution >= 4 is 0 Å². The molecule has 0 spiro atoms. The van der Waals surface area contributed by atoms with E-state index in [4.69, 9.17) is 0 Å². The van der Waals surface area contributed by atoms with Gasteiger partial charge in [0.15, 0.2) is 0 Å². The molecule has 0 N–H and O–H groups in total. The largest absolute Gasteiger partial charge is 0.306 e. The molecule has 2 heterocycles. The fourth-order valence-electron chi connectivity index (χ4n) is 2.27. The first kappa shape index (κ1) is 24.6. The Balaban J connectivity index is 0. The third-order valence-corrected chi connectivity index (χ3v) is 3.59. The molecule has 1 unspecified atom stereocenters. The molecular formula is C20H41FN2. The zero-order valence-electron chi connectivity index (χ0n) is 16.7. The molecule has 0 amide bonds. The Morgan fingerprint density at radius 3 is 1.83 bits per heavy atom. The van der Waals surface area contributed by atoms with Crippen LogP contribution in [0.25, 0.3) is 0 Å². The third kappa shape index (κ3) is 14.6. The fourth-order valence-corrected chi connectivity index (χ4v) is 2.27. The summed E-state index contributed by atoms with van der Waals surface area (Å²) in [6.07, 6.45) is 10.8. The average molecular weight is 329 g/mol. The number of hydrogen-bond donors (Lipinski definition) is 0. The minimum atomic E-state index is -0.764. The first-order chi connectivity index (χ1) is 11.1. The van der Waals surface area contributed by atoms with Crippen molar-refractivity contribution in [2.75, 3.05) is 33.2 Å². The van der Waals surface area contributed by atoms with Crippen molar-refractivity contribution in [1.82, 2.24) is 9.80 Å². The molecule has 138 valence electrons. The molecule has 3 heteroatoms. The van der Waals surface area contributed by atoms with Crippen molar-refractivity contribution in [2.24, 2.45) is 0 Å². The maximum absolute atomic E-state index is 12.9. The molecule has 0 bridgehead atoms. The van der Waals surface area contributed by atoms with Gasteiger partial charge in [-0.05, 0) is 40.2 Å². The van der Waals surface area contributed by atoms with Crippen molar-refractivity contribution in [3.8, 4) is 0 Å². The summed E-state index contributed by atoms with van der Waals surface area (Å²) < 4.78 is 12.9. The van der Waals surface area contributed by atoms with E-state index < -0.39 is 6.17 Å². The summed E-state index contributed by atoms with van der Waals surface area (Å²) in [6.45, 7) is 16.2. The predicted octanol–water partition coefficient (Wildman–Crippen LogP) is 5.32. The molecule has 2 aliphatic rings. The van der Waals surface area contributed by atoms with Gasteiger partial charge in [0.05, 0.1) is 0 Å². The SMILES string of the molecule is CC.CC.CC(C)N1CCC=CC(F)C1.CN1CCC=CCC1. The van der Waals surface area contributed by atoms with Crippen molar-refractivity contribution < 1.29 is 4.39 Å². The van der Waals surface area contributed by atoms with Gasteiger partial charge in [-0.2, -0.15) is 0 Å². The van der Waals surface area contributed by atoms with Gasteiger partial charge in [0.25, 0.3) is 0 Å². The summed E-state index contributed by atoms with van der Waals surface area (Å²) in [7, 11) is 2.17. The molecule has 0 aromatic rings. The van der Waals surface area contributed by atoms with E-state index in [2.05, 4.69) is 42.8 Å². The number of hydrogen-bond acceptors (Lipinski definition) is 2. The van der Waals surface area contributed by atoms with E-state index in [0.29, 0.717) is 12.6 Å². The fraction of sp³-hybridized carbons (Fsp3) is 0.800. The molecule has 1 atom stereocenters. The summed E-state index contributed by atoms with van der Waals surface area (Å²) in [5.41, 5.74) is 0. The number of nitrogens with zero attached hydrogens (tertiary/aromatic N) is 2. The first-order valence-electron chi connectivity index (χ1n) is 9.48. The molecule has 0 radical (unpaired) electrons. The van der Waals surface area contributed by atoms with Crippen LogP contribution in [-0.2, 0) is 0 Å². The quantitative estimate of drug-likeness (QED) is 0.601. The predicted molar refractivity (Wildman–Crippen MR) is 104 cm³/mol. The highest BCUT2D eigenvalue weighted by Gasteiger charge is 2.15. The van der Waals surface area contributed by atoms with Crippen molar-refractivity contribution in [1.29, 1.82) is 0 Å². The molecule has 0 saturated carbocycles. The Bertz CT molecular complexity index is 277. The summed E-state index contributed by atoms with van der Waals surface area (Å²) in [6, 6.07) is 0.466. The lowest BCUT2D eigenvalue weighted by Gasteiger charge is -2.24. The van der Waals surface area contributed by atoms with Crippen LogP contribution in [-0.4, -0.2) is 55.2 Å². The van der Waals surface area contributed by atoms with Crippen LogP contribution in [0.5, 0.6) is 0 Å². The van der Waals surface area contributed by atoms with Crippen LogP contribution in [0.4, 0.5) is 4.39 Å². The van der Waals surface area contributed by atoms with Gasteiger partial charge >= 0.3 is 0 Å². The zero-order valence-corrected chi connectivity index (χ0v) is 16.7. The number of rotatable bonds is 1. The highest BCUT2D eigenvalue weighted by Crippen LogP contribution is 2.09. The van der Waals surface area contributed by atoms with Gasteiger partial charge in [-0.15, -0.1) is 0 Å². The van der Waals surface area contributed by atoms with Crippen LogP contribution in [0.15, 0.2) is 24.3 Å². The molecule has 2 rings (SSSR count). The van der Waals surface area contributed by atoms with Crippen LogP contribution in [0.2, 0.25) is 0 Å². The molecule has 23 heavy (non-hydrogen) atoms. The van der Waals surface area contributed by atoms with Crippen molar-refractivity contribution in [3.63, 3.8) is 0 Å². The van der Waals surface area contributed by atoms with Crippen molar-refractivity contribution in [3.05, 3.63) is 24.3 Å². The van der Waals surface area contributed by atoms with Crippen LogP contribution >= 0.6 is 0 Å². The molecule has 0 aromatic heterocycles. The first-order valence-corrected chi connectivity index (χ1v) is 9.48. The second-order valence-corrected chi connectivity index (χ2v) is 5.67. The Kier molecular flexibility index (Phi) is 18.9. The van der Waals surface area contributed by atoms with Crippen molar-refractivity contribution in [2.45, 2.75) is 73.0 Å². The Morgan fingerprint density at radius 1 is 0.870 bits per heavy atom. The molecule has 0 fully saturated rings. The van der Waals surface area contributed by atoms with Gasteiger partial charge in [-0.1, -0.05) is 52.0 Å². The van der Waals surface area contributed by atoms with E-state index in [1.165, 1.54) is 25.9 Å². The normalized spacial score (nSPS) is 21.7. The Hall–Kier alpha value is -0.670. The van der Waals surface area contributed by atoms with E-state index in [1.54, 1.807) is 6.08 Å². The standard InChI is InChI=1S/C9H16FN.C7H13N.2C2H6/c1-8(2)11-6-4-3-5-9(10)7-11;1-8-6-4-2-3-5-7-8;2*1-2/h3,5,8-9H,4,6-7H2,1-2H3;2-3H,4-7H2,1H3;2*1-2H3. The zero-order chi connectivity index (χ0) is 18.1. The van der Waals surface area contributed by atoms with E-state index in [-0.39, 0.29) is 0 Å². The monoisotopic (exact) mass is 328 g/mol. The number of halogens is 1. The summed E-state index contributed by atoms with van der Waals surface area (Å²) in [4.78, 5) is 4.53. The molecule has 0 saturated heterocycles. The van der Waals surface area contributed by atoms with E-state index >= 15 is 0 Å². The van der Waals surface area contributed by atoms with E-state index in [0.717, 1.165) is 13.0 Å². The molecule has 0 aromatic carbocycles. The molecule has 2 nitrogen and oxygen atoms in total. The maximum atomic E-state index is 12.9. The number of alkyl halides is 1. The van der Waals surface area contributed by atoms with E-state index in [9.17, 15) is 4.39 Å². The van der Waals surface area contributed by atoms with Crippen LogP contribution in [0, 0.1) is 0 Å². The maximum Gasteiger partial charge on any atom is 0.131 e. The molecular weight excluding hydrogens is 287 g/mol. The minimum Gasteiger partial charge on any atom is -0.306 e. The Labute approximate surface area is 145 Å². The Morgan fingerprint density at radius 2 is 1.35 bits per heavy atom. The van der Waals surface area contributed by atoms with Gasteiger partial charge in [0.1, 0.15) is 6.17 Å². The highest BCUT2D eigenvalue weighted by molar-refractivity contribution is 4.94. The molecule has 2 aliphatic heterocycles. The highest BCUT2D eigenvalue weighted by atomic mass is 19.1. The van der Waals surface area contributed by atoms with Crippen LogP contribution < -0.4 is 0 Å². The summed E-state index contributed by atoms with van der Waals surface area (Å²) in [5, 5.41) is 0. The lowest BCUT2D eigenvalue weighted by Crippen LogP contribution is -2.35. The summed E-state index contributed by atoms with van der Waals surface area (Å²) in [5.74, 6) is 0. The summed E-state index contributed by atoms with van der Waals surface area (Å²) >= 11 is 0. The lowest BCUT2D eigenvalue weighted by atomic mass is 10.3. The second-order valence-electron chi connectivity index (χ2n) is 5.67. The third-order valence-electron chi connectivity index (χ3n) is 3.59. The van der Waals surface area contributed by atoms with Gasteiger partial charge < -0.3 is 4.90 Å². The van der Waals surface area contributed by atoms with E-state index in [1.807, 2.05) is 33.8 Å². The van der Waals surface area contributed by atoms with Gasteiger partial charge in [0, 0.05) is 32.2 Å². The van der Waals surface area contributed by atoms with Gasteiger partial charge in [-0.25, -0.2) is 4.39 Å². The van der Waals surface area contributed by atoms with Gasteiger partial charge in [0.2, 0.25) is 0 Å². The smallest absolute Gasteiger partial charge is 0.131 e. The molecule has 0 aliphatic carbocycles. The lowest BCUT2D eigenvalue weighted by molar-refractivity contribution is 0.187. The van der Waals surface area contributed by atoms with Crippen LogP contribution in [0.3, 0.4) is 0 Å².